The van der Waals surface area contributed by atoms with E-state index in [0.717, 1.165) is 207 Å². The van der Waals surface area contributed by atoms with Gasteiger partial charge in [0.2, 0.25) is 17.7 Å². The van der Waals surface area contributed by atoms with Crippen molar-refractivity contribution >= 4 is 69.3 Å². The summed E-state index contributed by atoms with van der Waals surface area (Å²) in [6, 6.07) is 34.1. The highest BCUT2D eigenvalue weighted by molar-refractivity contribution is 5.93. The van der Waals surface area contributed by atoms with Crippen LogP contribution in [0.4, 0.5) is 21.0 Å². The molecule has 4 aliphatic rings. The highest BCUT2D eigenvalue weighted by atomic mass is 16.6. The van der Waals surface area contributed by atoms with Crippen molar-refractivity contribution in [3.8, 4) is 22.3 Å². The van der Waals surface area contributed by atoms with Crippen LogP contribution in [0.2, 0.25) is 0 Å². The topological polar surface area (TPSA) is 320 Å². The molecule has 0 aliphatic carbocycles. The Morgan fingerprint density at radius 2 is 0.873 bits per heavy atom. The molecule has 8 N–H and O–H groups in total. The molecule has 5 amide bonds. The fourth-order valence-corrected chi connectivity index (χ4v) is 15.4. The van der Waals surface area contributed by atoms with Crippen LogP contribution < -0.4 is 32.3 Å². The number of benzene rings is 4. The number of amides is 5. The van der Waals surface area contributed by atoms with E-state index in [1.807, 2.05) is 97.4 Å². The molecule has 4 fully saturated rings. The van der Waals surface area contributed by atoms with E-state index in [-0.39, 0.29) is 81.1 Å². The number of pyridine rings is 2. The highest BCUT2D eigenvalue weighted by Gasteiger charge is 2.34. The molecule has 8 heterocycles. The summed E-state index contributed by atoms with van der Waals surface area (Å²) in [6.07, 6.45) is 10.3. The second-order valence-corrected chi connectivity index (χ2v) is 32.9. The van der Waals surface area contributed by atoms with E-state index in [9.17, 15) is 28.8 Å². The van der Waals surface area contributed by atoms with E-state index in [1.165, 1.54) is 11.1 Å². The monoisotopic (exact) mass is 1620 g/mol. The first-order valence-electron chi connectivity index (χ1n) is 42.1. The minimum absolute atomic E-state index is 0. The second kappa shape index (κ2) is 44.1. The molecule has 4 aromatic heterocycles. The van der Waals surface area contributed by atoms with Crippen LogP contribution in [0, 0.1) is 0 Å². The summed E-state index contributed by atoms with van der Waals surface area (Å²) < 4.78 is 26.1. The smallest absolute Gasteiger partial charge is 0.410 e. The van der Waals surface area contributed by atoms with Crippen molar-refractivity contribution in [3.63, 3.8) is 0 Å². The number of carboxylic acid groups (broad SMARTS) is 1. The molecule has 8 aromatic rings. The van der Waals surface area contributed by atoms with Gasteiger partial charge in [-0.2, -0.15) is 10.2 Å². The number of piperazine rings is 2. The summed E-state index contributed by atoms with van der Waals surface area (Å²) >= 11 is 0. The molecule has 118 heavy (non-hydrogen) atoms. The highest BCUT2D eigenvalue weighted by Crippen LogP contribution is 2.34. The van der Waals surface area contributed by atoms with Gasteiger partial charge >= 0.3 is 18.2 Å². The molecule has 4 saturated heterocycles. The summed E-state index contributed by atoms with van der Waals surface area (Å²) in [5, 5.41) is 36.3. The predicted molar refractivity (Wildman–Crippen MR) is 465 cm³/mol. The van der Waals surface area contributed by atoms with Crippen molar-refractivity contribution in [1.29, 1.82) is 0 Å². The van der Waals surface area contributed by atoms with Crippen LogP contribution in [0.1, 0.15) is 199 Å². The first-order valence-corrected chi connectivity index (χ1v) is 42.1. The summed E-state index contributed by atoms with van der Waals surface area (Å²) in [5.41, 5.74) is 21.8. The van der Waals surface area contributed by atoms with Crippen LogP contribution in [0.15, 0.2) is 109 Å². The Labute approximate surface area is 697 Å². The maximum atomic E-state index is 13.1. The lowest BCUT2D eigenvalue weighted by atomic mass is 10.0. The number of carbonyl (C=O) groups excluding carboxylic acids is 5. The molecule has 4 aromatic carbocycles. The summed E-state index contributed by atoms with van der Waals surface area (Å²) in [7, 11) is 0. The largest absolute Gasteiger partial charge is 0.481 e. The van der Waals surface area contributed by atoms with Gasteiger partial charge in [-0.15, -0.1) is 0 Å². The van der Waals surface area contributed by atoms with Crippen molar-refractivity contribution < 1.29 is 52.8 Å². The first kappa shape index (κ1) is 91.8. The Hall–Kier alpha value is -10.1. The molecular weight excluding hydrogens is 1490 g/mol. The number of aliphatic carboxylic acids is 1. The van der Waals surface area contributed by atoms with Crippen molar-refractivity contribution in [1.82, 2.24) is 65.1 Å². The minimum Gasteiger partial charge on any atom is -0.481 e. The average Bonchev–Trinajstić information content (AvgIpc) is 1.61. The number of hydrogen-bond acceptors (Lipinski definition) is 19. The van der Waals surface area contributed by atoms with E-state index in [2.05, 4.69) is 161 Å². The van der Waals surface area contributed by atoms with Gasteiger partial charge in [0.05, 0.1) is 34.5 Å². The summed E-state index contributed by atoms with van der Waals surface area (Å²) in [6.45, 7) is 36.1. The van der Waals surface area contributed by atoms with Crippen LogP contribution >= 0.6 is 0 Å². The van der Waals surface area contributed by atoms with E-state index in [4.69, 9.17) is 39.8 Å². The van der Waals surface area contributed by atoms with Crippen LogP contribution in [-0.4, -0.2) is 191 Å². The summed E-state index contributed by atoms with van der Waals surface area (Å²) in [4.78, 5) is 91.9. The van der Waals surface area contributed by atoms with Gasteiger partial charge < -0.3 is 66.2 Å². The van der Waals surface area contributed by atoms with Crippen LogP contribution in [-0.2, 0) is 103 Å². The van der Waals surface area contributed by atoms with Gasteiger partial charge in [0.25, 0.3) is 0 Å². The number of fused-ring (bicyclic) bond motifs is 2. The van der Waals surface area contributed by atoms with Crippen molar-refractivity contribution in [2.75, 3.05) is 76.3 Å². The van der Waals surface area contributed by atoms with Gasteiger partial charge in [-0.05, 0) is 189 Å². The lowest BCUT2D eigenvalue weighted by molar-refractivity contribution is -0.137. The number of ether oxygens (including phenoxy) is 4. The third-order valence-electron chi connectivity index (χ3n) is 21.5. The van der Waals surface area contributed by atoms with Crippen molar-refractivity contribution in [2.24, 2.45) is 5.73 Å². The van der Waals surface area contributed by atoms with Gasteiger partial charge in [-0.25, -0.2) is 28.9 Å². The average molecular weight is 1620 g/mol. The third-order valence-corrected chi connectivity index (χ3v) is 21.5. The third kappa shape index (κ3) is 26.7. The zero-order chi connectivity index (χ0) is 83.8. The van der Waals surface area contributed by atoms with E-state index < -0.39 is 17.2 Å². The second-order valence-electron chi connectivity index (χ2n) is 32.9. The normalized spacial score (nSPS) is 16.3. The number of nitrogens with zero attached hydrogens (tertiary/aromatic N) is 10. The number of nitrogens with two attached hydrogens (primary N) is 1. The van der Waals surface area contributed by atoms with E-state index >= 15 is 0 Å². The molecule has 12 rings (SSSR count). The first-order chi connectivity index (χ1) is 56.2. The molecule has 0 saturated carbocycles. The molecule has 0 spiro atoms. The molecule has 0 unspecified atom stereocenters. The molecule has 0 bridgehead atoms. The number of carboxylic acids is 1. The van der Waals surface area contributed by atoms with E-state index in [0.29, 0.717) is 58.2 Å². The zero-order valence-electron chi connectivity index (χ0n) is 71.0. The van der Waals surface area contributed by atoms with Crippen LogP contribution in [0.5, 0.6) is 0 Å². The zero-order valence-corrected chi connectivity index (χ0v) is 71.0. The van der Waals surface area contributed by atoms with Crippen molar-refractivity contribution in [2.45, 2.75) is 255 Å². The molecule has 2 atom stereocenters. The molecular formula is C91H130N16O11. The van der Waals surface area contributed by atoms with Gasteiger partial charge in [0, 0.05) is 190 Å². The molecule has 640 valence electrons. The Balaban J connectivity index is 0.000000224. The predicted octanol–water partition coefficient (Wildman–Crippen LogP) is 14.2. The van der Waals surface area contributed by atoms with Crippen LogP contribution in [0.25, 0.3) is 44.3 Å². The minimum atomic E-state index is -0.889. The SMILES string of the molecule is C.CCc1nc2c(cnn2CC)c(NC2CCOCC2)c1CN.CCc1nc2c(cnn2CC)c(NC2CCOCC2)c1CNC(=O)CCCC(=O)NCc1cccc(-c2cccc(CN3CCN(C(=O)OC(C)(C)C)[C@@H](C)C3)c2)c1.C[C@H]1CN(Cc2cccc(-c3cccc(CNC(=O)CCCC(=O)O)c3)c2)CCN1C(=O)OC(C)(C)C. The molecule has 27 heteroatoms. The molecule has 4 aliphatic heterocycles. The quantitative estimate of drug-likeness (QED) is 0.0229. The number of rotatable bonds is 29. The fourth-order valence-electron chi connectivity index (χ4n) is 15.4. The van der Waals surface area contributed by atoms with Gasteiger partial charge in [-0.1, -0.05) is 94.1 Å². The maximum Gasteiger partial charge on any atom is 0.410 e. The number of aromatic nitrogens is 6. The van der Waals surface area contributed by atoms with Gasteiger partial charge in [0.1, 0.15) is 11.2 Å². The standard InChI is InChI=1S/C45H62N8O5.C29H39N3O5.C16H25N5O.CH4/c1-7-39-37(42(49-36-18-22-57-23-19-36)38-28-48-53(8-2)43(38)50-39)27-47-41(55)17-11-16-40(54)46-26-32-12-9-14-34(24-32)35-15-10-13-33(25-35)30-51-20-21-52(31(3)29-51)44(56)58-45(4,5)6;1-21-19-31(14-15-32(21)28(36)37-29(2,3)4)20-23-9-6-11-25(17-23)24-10-5-8-22(16-24)18-30-26(33)12-7-13-27(34)35;1-3-14-12(9-17)15(19-11-5-7-22-8-6-11)13-10-18-21(4-2)16(13)20-14;/h9-10,12-15,24-25,28,31,36H,7-8,11,16-23,26-27,29-30H2,1-6H3,(H,46,54)(H,47,55)(H,49,50);5-6,8-11,16-17,21H,7,12-15,18-20H2,1-4H3,(H,30,33)(H,34,35);10-11H,3-9,17H2,1-2H3,(H,19,20);1H4/t31-;21-;;/m00../s1. The lowest BCUT2D eigenvalue weighted by Crippen LogP contribution is -2.54. The number of aryl methyl sites for hydroxylation is 4. The number of anilines is 2. The Kier molecular flexibility index (Phi) is 34.3. The Bertz CT molecular complexity index is 4630. The number of nitrogens with one attached hydrogen (secondary N) is 5. The lowest BCUT2D eigenvalue weighted by Gasteiger charge is -2.40. The van der Waals surface area contributed by atoms with Gasteiger partial charge in [-0.3, -0.25) is 29.0 Å². The Morgan fingerprint density at radius 3 is 1.24 bits per heavy atom. The maximum absolute atomic E-state index is 13.1. The number of carbonyl (C=O) groups is 6. The summed E-state index contributed by atoms with van der Waals surface area (Å²) in [5.74, 6) is -1.21. The molecule has 0 radical (unpaired) electrons. The van der Waals surface area contributed by atoms with Gasteiger partial charge in [0.15, 0.2) is 11.3 Å². The molecule has 27 nitrogen and oxygen atoms in total. The van der Waals surface area contributed by atoms with Crippen LogP contribution in [0.3, 0.4) is 0 Å². The number of hydrogen-bond donors (Lipinski definition) is 7. The fraction of sp³-hybridized carbons (Fsp3) is 0.538. The van der Waals surface area contributed by atoms with E-state index in [1.54, 1.807) is 0 Å². The Morgan fingerprint density at radius 1 is 0.508 bits per heavy atom. The van der Waals surface area contributed by atoms with Crippen molar-refractivity contribution in [3.05, 3.63) is 154 Å².